The van der Waals surface area contributed by atoms with Crippen molar-refractivity contribution in [1.29, 1.82) is 0 Å². The molecule has 0 spiro atoms. The fraction of sp³-hybridized carbons (Fsp3) is 0.364. The van der Waals surface area contributed by atoms with Crippen LogP contribution in [0.3, 0.4) is 0 Å². The van der Waals surface area contributed by atoms with E-state index < -0.39 is 0 Å². The van der Waals surface area contributed by atoms with Crippen molar-refractivity contribution in [3.05, 3.63) is 22.7 Å². The summed E-state index contributed by atoms with van der Waals surface area (Å²) in [6, 6.07) is 3.76. The van der Waals surface area contributed by atoms with Gasteiger partial charge < -0.3 is 15.4 Å². The zero-order valence-corrected chi connectivity index (χ0v) is 10.1. The standard InChI is InChI=1S/C11H14ClN3O/c1-7-5-8(16-2)6-9(10(7)12)15-11-13-3-4-14-11/h5-6H,3-4H2,1-2H3,(H2,13,14,15). The fourth-order valence-electron chi connectivity index (χ4n) is 1.55. The van der Waals surface area contributed by atoms with Gasteiger partial charge in [-0.2, -0.15) is 0 Å². The number of aryl methyl sites for hydroxylation is 1. The van der Waals surface area contributed by atoms with Crippen LogP contribution in [0.1, 0.15) is 5.56 Å². The maximum atomic E-state index is 6.20. The number of halogens is 1. The molecule has 0 unspecified atom stereocenters. The van der Waals surface area contributed by atoms with Crippen molar-refractivity contribution in [1.82, 2.24) is 5.32 Å². The summed E-state index contributed by atoms with van der Waals surface area (Å²) < 4.78 is 5.20. The van der Waals surface area contributed by atoms with Crippen LogP contribution in [0, 0.1) is 6.92 Å². The van der Waals surface area contributed by atoms with Gasteiger partial charge in [0.1, 0.15) is 5.75 Å². The molecule has 1 aromatic carbocycles. The first kappa shape index (κ1) is 11.1. The van der Waals surface area contributed by atoms with E-state index in [1.54, 1.807) is 7.11 Å². The number of nitrogens with zero attached hydrogens (tertiary/aromatic N) is 1. The number of methoxy groups -OCH3 is 1. The molecule has 0 aliphatic carbocycles. The lowest BCUT2D eigenvalue weighted by molar-refractivity contribution is 0.414. The molecule has 2 N–H and O–H groups in total. The summed E-state index contributed by atoms with van der Waals surface area (Å²) in [5, 5.41) is 6.97. The normalized spacial score (nSPS) is 14.3. The van der Waals surface area contributed by atoms with E-state index in [1.165, 1.54) is 0 Å². The molecule has 1 aromatic rings. The molecule has 0 bridgehead atoms. The van der Waals surface area contributed by atoms with Crippen LogP contribution in [-0.2, 0) is 0 Å². The highest BCUT2D eigenvalue weighted by Gasteiger charge is 2.10. The molecule has 4 nitrogen and oxygen atoms in total. The summed E-state index contributed by atoms with van der Waals surface area (Å²) in [7, 11) is 1.64. The third-order valence-electron chi connectivity index (χ3n) is 2.39. The minimum absolute atomic E-state index is 0.692. The number of rotatable bonds is 2. The highest BCUT2D eigenvalue weighted by molar-refractivity contribution is 6.34. The molecular weight excluding hydrogens is 226 g/mol. The van der Waals surface area contributed by atoms with Gasteiger partial charge in [-0.3, -0.25) is 4.99 Å². The average Bonchev–Trinajstić information content (AvgIpc) is 2.77. The van der Waals surface area contributed by atoms with Crippen LogP contribution in [0.5, 0.6) is 5.75 Å². The van der Waals surface area contributed by atoms with Crippen molar-refractivity contribution in [2.45, 2.75) is 6.92 Å². The van der Waals surface area contributed by atoms with Crippen molar-refractivity contribution < 1.29 is 4.74 Å². The Kier molecular flexibility index (Phi) is 3.19. The quantitative estimate of drug-likeness (QED) is 0.830. The Bertz CT molecular complexity index is 431. The highest BCUT2D eigenvalue weighted by Crippen LogP contribution is 2.30. The van der Waals surface area contributed by atoms with Crippen molar-refractivity contribution >= 4 is 23.2 Å². The smallest absolute Gasteiger partial charge is 0.195 e. The highest BCUT2D eigenvalue weighted by atomic mass is 35.5. The van der Waals surface area contributed by atoms with Gasteiger partial charge in [-0.1, -0.05) is 11.6 Å². The number of hydrogen-bond donors (Lipinski definition) is 2. The second-order valence-electron chi connectivity index (χ2n) is 3.59. The molecule has 0 amide bonds. The Labute approximate surface area is 99.7 Å². The summed E-state index contributed by atoms with van der Waals surface area (Å²) in [6.45, 7) is 3.60. The minimum atomic E-state index is 0.692. The molecule has 16 heavy (non-hydrogen) atoms. The van der Waals surface area contributed by atoms with Gasteiger partial charge in [0.05, 0.1) is 24.4 Å². The lowest BCUT2D eigenvalue weighted by Gasteiger charge is -2.12. The molecule has 1 aliphatic heterocycles. The minimum Gasteiger partial charge on any atom is -0.497 e. The van der Waals surface area contributed by atoms with Gasteiger partial charge in [0, 0.05) is 12.6 Å². The van der Waals surface area contributed by atoms with Crippen LogP contribution >= 0.6 is 11.6 Å². The second kappa shape index (κ2) is 4.61. The van der Waals surface area contributed by atoms with Gasteiger partial charge in [-0.15, -0.1) is 0 Å². The second-order valence-corrected chi connectivity index (χ2v) is 3.97. The molecule has 0 radical (unpaired) electrons. The molecule has 86 valence electrons. The number of ether oxygens (including phenoxy) is 1. The predicted molar refractivity (Wildman–Crippen MR) is 66.7 cm³/mol. The number of aliphatic imine (C=N–C) groups is 1. The van der Waals surface area contributed by atoms with Crippen LogP contribution in [-0.4, -0.2) is 26.2 Å². The monoisotopic (exact) mass is 239 g/mol. The molecule has 1 heterocycles. The van der Waals surface area contributed by atoms with Crippen molar-refractivity contribution in [3.8, 4) is 5.75 Å². The van der Waals surface area contributed by atoms with Crippen LogP contribution in [0.2, 0.25) is 5.02 Å². The Morgan fingerprint density at radius 2 is 2.31 bits per heavy atom. The van der Waals surface area contributed by atoms with Crippen molar-refractivity contribution in [2.75, 3.05) is 25.5 Å². The number of anilines is 1. The Morgan fingerprint density at radius 1 is 1.50 bits per heavy atom. The lowest BCUT2D eigenvalue weighted by atomic mass is 10.2. The Morgan fingerprint density at radius 3 is 2.94 bits per heavy atom. The van der Waals surface area contributed by atoms with Crippen LogP contribution in [0.15, 0.2) is 17.1 Å². The third kappa shape index (κ3) is 2.22. The van der Waals surface area contributed by atoms with E-state index in [4.69, 9.17) is 16.3 Å². The molecule has 1 aliphatic rings. The summed E-state index contributed by atoms with van der Waals surface area (Å²) in [5.74, 6) is 1.54. The van der Waals surface area contributed by atoms with E-state index in [9.17, 15) is 0 Å². The van der Waals surface area contributed by atoms with E-state index in [2.05, 4.69) is 15.6 Å². The average molecular weight is 240 g/mol. The van der Waals surface area contributed by atoms with Crippen LogP contribution in [0.4, 0.5) is 5.69 Å². The summed E-state index contributed by atoms with van der Waals surface area (Å²) in [5.41, 5.74) is 1.79. The van der Waals surface area contributed by atoms with Gasteiger partial charge in [-0.05, 0) is 18.6 Å². The lowest BCUT2D eigenvalue weighted by Crippen LogP contribution is -2.26. The van der Waals surface area contributed by atoms with E-state index in [0.29, 0.717) is 5.02 Å². The molecule has 0 fully saturated rings. The van der Waals surface area contributed by atoms with Gasteiger partial charge in [0.25, 0.3) is 0 Å². The number of nitrogens with one attached hydrogen (secondary N) is 2. The third-order valence-corrected chi connectivity index (χ3v) is 2.89. The van der Waals surface area contributed by atoms with E-state index in [1.807, 2.05) is 19.1 Å². The van der Waals surface area contributed by atoms with Crippen LogP contribution in [0.25, 0.3) is 0 Å². The van der Waals surface area contributed by atoms with E-state index in [0.717, 1.165) is 36.0 Å². The largest absolute Gasteiger partial charge is 0.497 e. The van der Waals surface area contributed by atoms with Crippen molar-refractivity contribution in [3.63, 3.8) is 0 Å². The van der Waals surface area contributed by atoms with E-state index in [-0.39, 0.29) is 0 Å². The Balaban J connectivity index is 2.28. The first-order valence-corrected chi connectivity index (χ1v) is 5.48. The van der Waals surface area contributed by atoms with Gasteiger partial charge >= 0.3 is 0 Å². The first-order valence-electron chi connectivity index (χ1n) is 5.10. The zero-order valence-electron chi connectivity index (χ0n) is 9.30. The summed E-state index contributed by atoms with van der Waals surface area (Å²) in [6.07, 6.45) is 0. The summed E-state index contributed by atoms with van der Waals surface area (Å²) in [4.78, 5) is 4.25. The van der Waals surface area contributed by atoms with Crippen molar-refractivity contribution in [2.24, 2.45) is 4.99 Å². The first-order chi connectivity index (χ1) is 7.70. The molecule has 5 heteroatoms. The number of benzene rings is 1. The molecular formula is C11H14ClN3O. The van der Waals surface area contributed by atoms with Gasteiger partial charge in [-0.25, -0.2) is 0 Å². The number of guanidine groups is 1. The molecule has 0 atom stereocenters. The van der Waals surface area contributed by atoms with Crippen LogP contribution < -0.4 is 15.4 Å². The zero-order chi connectivity index (χ0) is 11.5. The van der Waals surface area contributed by atoms with Gasteiger partial charge in [0.15, 0.2) is 5.96 Å². The number of hydrogen-bond acceptors (Lipinski definition) is 4. The molecule has 2 rings (SSSR count). The fourth-order valence-corrected chi connectivity index (χ4v) is 1.71. The molecule has 0 saturated carbocycles. The van der Waals surface area contributed by atoms with Gasteiger partial charge in [0.2, 0.25) is 0 Å². The maximum Gasteiger partial charge on any atom is 0.195 e. The summed E-state index contributed by atoms with van der Waals surface area (Å²) >= 11 is 6.20. The van der Waals surface area contributed by atoms with E-state index >= 15 is 0 Å². The SMILES string of the molecule is COc1cc(C)c(Cl)c(NC2=NCCN2)c1. The maximum absolute atomic E-state index is 6.20. The molecule has 0 aromatic heterocycles. The Hall–Kier alpha value is -1.42. The molecule has 0 saturated heterocycles. The predicted octanol–water partition coefficient (Wildman–Crippen LogP) is 2.03. The topological polar surface area (TPSA) is 45.6 Å².